The molecule has 3 aromatic rings. The third-order valence-electron chi connectivity index (χ3n) is 2.58. The van der Waals surface area contributed by atoms with Crippen LogP contribution in [0.25, 0.3) is 5.78 Å². The van der Waals surface area contributed by atoms with Crippen LogP contribution in [-0.4, -0.2) is 47.7 Å². The maximum absolute atomic E-state index is 11.7. The number of aromatic nitrogens is 7. The minimum atomic E-state index is -0.577. The fourth-order valence-corrected chi connectivity index (χ4v) is 1.69. The van der Waals surface area contributed by atoms with Gasteiger partial charge in [0.05, 0.1) is 25.5 Å². The molecular weight excluding hydrogens is 266 g/mol. The number of nitrogens with zero attached hydrogens (tertiary/aromatic N) is 6. The van der Waals surface area contributed by atoms with Gasteiger partial charge in [0.15, 0.2) is 5.69 Å². The van der Waals surface area contributed by atoms with Crippen LogP contribution in [0.4, 0.5) is 0 Å². The van der Waals surface area contributed by atoms with E-state index in [1.807, 2.05) is 0 Å². The topological polar surface area (TPSA) is 120 Å². The summed E-state index contributed by atoms with van der Waals surface area (Å²) >= 11 is 0. The van der Waals surface area contributed by atoms with Crippen molar-refractivity contribution in [2.24, 2.45) is 0 Å². The quantitative estimate of drug-likeness (QED) is 0.599. The van der Waals surface area contributed by atoms with E-state index in [0.717, 1.165) is 0 Å². The van der Waals surface area contributed by atoms with E-state index in [-0.39, 0.29) is 23.6 Å². The first-order valence-electron chi connectivity index (χ1n) is 5.58. The molecule has 0 spiro atoms. The molecule has 10 nitrogen and oxygen atoms in total. The highest BCUT2D eigenvalue weighted by Crippen LogP contribution is 2.00. The lowest BCUT2D eigenvalue weighted by molar-refractivity contribution is 0.0594. The molecule has 3 rings (SSSR count). The molecule has 0 saturated heterocycles. The van der Waals surface area contributed by atoms with Crippen molar-refractivity contribution in [3.8, 4) is 0 Å². The van der Waals surface area contributed by atoms with Crippen molar-refractivity contribution < 1.29 is 9.53 Å². The fraction of sp³-hybridized carbons (Fsp3) is 0.200. The highest BCUT2D eigenvalue weighted by Gasteiger charge is 2.11. The molecule has 3 heterocycles. The summed E-state index contributed by atoms with van der Waals surface area (Å²) in [6.07, 6.45) is 2.79. The summed E-state index contributed by atoms with van der Waals surface area (Å²) in [5.74, 6) is -0.312. The molecule has 0 atom stereocenters. The Morgan fingerprint density at radius 2 is 2.35 bits per heavy atom. The molecular formula is C10H9N7O3. The largest absolute Gasteiger partial charge is 0.464 e. The zero-order valence-corrected chi connectivity index (χ0v) is 10.3. The molecule has 0 aliphatic heterocycles. The molecule has 0 aromatic carbocycles. The number of methoxy groups -OCH3 is 1. The van der Waals surface area contributed by atoms with Crippen molar-refractivity contribution in [1.29, 1.82) is 0 Å². The summed E-state index contributed by atoms with van der Waals surface area (Å²) in [7, 11) is 1.26. The zero-order chi connectivity index (χ0) is 14.1. The second kappa shape index (κ2) is 4.57. The molecule has 0 amide bonds. The molecule has 0 bridgehead atoms. The standard InChI is InChI=1S/C10H9N7O3/c1-20-9(19)7-4-16(15-14-7)3-6-2-8(18)17-10(13-6)11-5-12-17/h2,4-5H,3H2,1H3,(H,11,12,13). The number of ether oxygens (including phenoxy) is 1. The molecule has 1 N–H and O–H groups in total. The van der Waals surface area contributed by atoms with Gasteiger partial charge in [0.25, 0.3) is 11.3 Å². The summed E-state index contributed by atoms with van der Waals surface area (Å²) in [6.45, 7) is 0.197. The van der Waals surface area contributed by atoms with Gasteiger partial charge >= 0.3 is 5.97 Å². The first-order valence-corrected chi connectivity index (χ1v) is 5.58. The lowest BCUT2D eigenvalue weighted by atomic mass is 10.4. The van der Waals surface area contributed by atoms with Crippen LogP contribution in [0.1, 0.15) is 16.2 Å². The molecule has 0 aliphatic rings. The van der Waals surface area contributed by atoms with E-state index in [0.29, 0.717) is 5.69 Å². The number of H-pyrrole nitrogens is 1. The molecule has 0 aliphatic carbocycles. The van der Waals surface area contributed by atoms with Crippen LogP contribution in [0.15, 0.2) is 23.4 Å². The Bertz CT molecular complexity index is 831. The summed E-state index contributed by atoms with van der Waals surface area (Å²) in [4.78, 5) is 31.1. The van der Waals surface area contributed by atoms with E-state index < -0.39 is 5.97 Å². The normalized spacial score (nSPS) is 10.8. The molecule has 20 heavy (non-hydrogen) atoms. The van der Waals surface area contributed by atoms with E-state index in [1.165, 1.54) is 34.9 Å². The smallest absolute Gasteiger partial charge is 0.360 e. The van der Waals surface area contributed by atoms with Gasteiger partial charge in [-0.05, 0) is 0 Å². The summed E-state index contributed by atoms with van der Waals surface area (Å²) in [5, 5.41) is 10.1. The van der Waals surface area contributed by atoms with Crippen LogP contribution in [0, 0.1) is 0 Å². The Balaban J connectivity index is 1.91. The van der Waals surface area contributed by atoms with Gasteiger partial charge in [-0.1, -0.05) is 5.21 Å². The van der Waals surface area contributed by atoms with E-state index in [9.17, 15) is 9.59 Å². The number of rotatable bonds is 3. The van der Waals surface area contributed by atoms with Gasteiger partial charge in [-0.2, -0.15) is 4.52 Å². The van der Waals surface area contributed by atoms with Crippen LogP contribution in [0.2, 0.25) is 0 Å². The van der Waals surface area contributed by atoms with Crippen molar-refractivity contribution in [2.45, 2.75) is 6.54 Å². The molecule has 102 valence electrons. The number of aromatic amines is 1. The molecule has 0 saturated carbocycles. The highest BCUT2D eigenvalue weighted by molar-refractivity contribution is 5.86. The van der Waals surface area contributed by atoms with E-state index >= 15 is 0 Å². The summed E-state index contributed by atoms with van der Waals surface area (Å²) < 4.78 is 7.13. The number of carbonyl (C=O) groups excluding carboxylic acids is 1. The van der Waals surface area contributed by atoms with Crippen LogP contribution < -0.4 is 5.56 Å². The SMILES string of the molecule is COC(=O)c1cn(Cc2cc(=O)n3[nH]cnc3n2)nn1. The lowest BCUT2D eigenvalue weighted by Gasteiger charge is -1.99. The van der Waals surface area contributed by atoms with E-state index in [4.69, 9.17) is 0 Å². The highest BCUT2D eigenvalue weighted by atomic mass is 16.5. The zero-order valence-electron chi connectivity index (χ0n) is 10.3. The number of hydrogen-bond acceptors (Lipinski definition) is 7. The van der Waals surface area contributed by atoms with Gasteiger partial charge in [0, 0.05) is 6.07 Å². The number of hydrogen-bond donors (Lipinski definition) is 1. The van der Waals surface area contributed by atoms with Gasteiger partial charge in [0.2, 0.25) is 0 Å². The van der Waals surface area contributed by atoms with Crippen LogP contribution in [0.5, 0.6) is 0 Å². The van der Waals surface area contributed by atoms with Gasteiger partial charge in [-0.15, -0.1) is 5.10 Å². The molecule has 0 fully saturated rings. The average Bonchev–Trinajstić information content (AvgIpc) is 3.07. The van der Waals surface area contributed by atoms with Gasteiger partial charge in [-0.3, -0.25) is 9.89 Å². The minimum absolute atomic E-state index is 0.0880. The fourth-order valence-electron chi connectivity index (χ4n) is 1.69. The third-order valence-corrected chi connectivity index (χ3v) is 2.58. The van der Waals surface area contributed by atoms with Crippen molar-refractivity contribution in [3.05, 3.63) is 40.3 Å². The number of fused-ring (bicyclic) bond motifs is 1. The lowest BCUT2D eigenvalue weighted by Crippen LogP contribution is -2.17. The van der Waals surface area contributed by atoms with Crippen LogP contribution >= 0.6 is 0 Å². The van der Waals surface area contributed by atoms with Gasteiger partial charge in [-0.25, -0.2) is 19.4 Å². The Morgan fingerprint density at radius 1 is 1.50 bits per heavy atom. The predicted octanol–water partition coefficient (Wildman–Crippen LogP) is -1.16. The molecule has 0 unspecified atom stereocenters. The van der Waals surface area contributed by atoms with Gasteiger partial charge in [0.1, 0.15) is 6.33 Å². The summed E-state index contributed by atoms with van der Waals surface area (Å²) in [6, 6.07) is 1.35. The average molecular weight is 275 g/mol. The van der Waals surface area contributed by atoms with E-state index in [1.54, 1.807) is 0 Å². The predicted molar refractivity (Wildman–Crippen MR) is 64.1 cm³/mol. The van der Waals surface area contributed by atoms with Crippen LogP contribution in [0.3, 0.4) is 0 Å². The minimum Gasteiger partial charge on any atom is -0.464 e. The van der Waals surface area contributed by atoms with Crippen molar-refractivity contribution in [2.75, 3.05) is 7.11 Å². The summed E-state index contributed by atoms with van der Waals surface area (Å²) in [5.41, 5.74) is 0.268. The maximum atomic E-state index is 11.7. The van der Waals surface area contributed by atoms with Crippen molar-refractivity contribution in [3.63, 3.8) is 0 Å². The second-order valence-corrected chi connectivity index (χ2v) is 3.90. The van der Waals surface area contributed by atoms with Crippen LogP contribution in [-0.2, 0) is 11.3 Å². The molecule has 10 heteroatoms. The monoisotopic (exact) mass is 275 g/mol. The van der Waals surface area contributed by atoms with E-state index in [2.05, 4.69) is 30.1 Å². The van der Waals surface area contributed by atoms with Gasteiger partial charge < -0.3 is 4.74 Å². The number of nitrogens with one attached hydrogen (secondary N) is 1. The number of esters is 1. The Kier molecular flexibility index (Phi) is 2.75. The Morgan fingerprint density at radius 3 is 3.15 bits per heavy atom. The molecule has 3 aromatic heterocycles. The Labute approximate surface area is 111 Å². The first-order chi connectivity index (χ1) is 9.67. The first kappa shape index (κ1) is 12.0. The van der Waals surface area contributed by atoms with Crippen molar-refractivity contribution in [1.82, 2.24) is 34.6 Å². The number of carbonyl (C=O) groups is 1. The maximum Gasteiger partial charge on any atom is 0.360 e. The van der Waals surface area contributed by atoms with Crippen molar-refractivity contribution >= 4 is 11.7 Å². The third kappa shape index (κ3) is 2.02. The second-order valence-electron chi connectivity index (χ2n) is 3.90. The molecule has 0 radical (unpaired) electrons. The Hall–Kier alpha value is -3.04.